The molecule has 3 aromatic carbocycles. The molecule has 0 saturated heterocycles. The number of rotatable bonds is 7. The molecule has 158 valence electrons. The summed E-state index contributed by atoms with van der Waals surface area (Å²) in [5.74, 6) is 0.477. The minimum atomic E-state index is -3.86. The highest BCUT2D eigenvalue weighted by Crippen LogP contribution is 2.25. The summed E-state index contributed by atoms with van der Waals surface area (Å²) in [7, 11) is -3.86. The van der Waals surface area contributed by atoms with Gasteiger partial charge < -0.3 is 10.3 Å². The monoisotopic (exact) mass is 454 g/mol. The van der Waals surface area contributed by atoms with Crippen molar-refractivity contribution in [1.29, 1.82) is 0 Å². The normalized spacial score (nSPS) is 11.4. The van der Waals surface area contributed by atoms with Gasteiger partial charge in [0.15, 0.2) is 0 Å². The van der Waals surface area contributed by atoms with E-state index < -0.39 is 10.0 Å². The standard InChI is InChI=1S/C22H19ClN4O3S/c23-17-8-1-2-9-18(17)27-31(29,30)16-7-5-6-15(14-16)24-22(28)13-12-21-25-19-10-3-4-11-20(19)26-21/h1-11,14,27H,12-13H2,(H,24,28)(H,25,26). The summed E-state index contributed by atoms with van der Waals surface area (Å²) < 4.78 is 27.8. The lowest BCUT2D eigenvalue weighted by Crippen LogP contribution is -2.15. The molecule has 1 amide bonds. The van der Waals surface area contributed by atoms with E-state index in [4.69, 9.17) is 11.6 Å². The smallest absolute Gasteiger partial charge is 0.262 e. The van der Waals surface area contributed by atoms with Crippen LogP contribution in [0, 0.1) is 0 Å². The number of hydrogen-bond acceptors (Lipinski definition) is 4. The van der Waals surface area contributed by atoms with Crippen molar-refractivity contribution in [1.82, 2.24) is 9.97 Å². The molecular formula is C22H19ClN4O3S. The van der Waals surface area contributed by atoms with Crippen LogP contribution in [0.2, 0.25) is 5.02 Å². The lowest BCUT2D eigenvalue weighted by Gasteiger charge is -2.11. The fourth-order valence-electron chi connectivity index (χ4n) is 3.07. The number of para-hydroxylation sites is 3. The molecule has 0 saturated carbocycles. The van der Waals surface area contributed by atoms with E-state index in [0.29, 0.717) is 17.1 Å². The fourth-order valence-corrected chi connectivity index (χ4v) is 4.43. The van der Waals surface area contributed by atoms with Crippen molar-refractivity contribution in [2.24, 2.45) is 0 Å². The van der Waals surface area contributed by atoms with Gasteiger partial charge in [0.25, 0.3) is 10.0 Å². The zero-order valence-corrected chi connectivity index (χ0v) is 17.9. The van der Waals surface area contributed by atoms with Crippen LogP contribution in [0.5, 0.6) is 0 Å². The van der Waals surface area contributed by atoms with Gasteiger partial charge in [0, 0.05) is 18.5 Å². The van der Waals surface area contributed by atoms with Crippen molar-refractivity contribution in [2.45, 2.75) is 17.7 Å². The van der Waals surface area contributed by atoms with E-state index in [1.54, 1.807) is 36.4 Å². The number of amides is 1. The van der Waals surface area contributed by atoms with Gasteiger partial charge in [0.2, 0.25) is 5.91 Å². The Morgan fingerprint density at radius 1 is 1.00 bits per heavy atom. The summed E-state index contributed by atoms with van der Waals surface area (Å²) in [5.41, 5.74) is 2.43. The van der Waals surface area contributed by atoms with E-state index in [9.17, 15) is 13.2 Å². The molecule has 0 aliphatic heterocycles. The molecule has 1 aromatic heterocycles. The zero-order valence-electron chi connectivity index (χ0n) is 16.3. The lowest BCUT2D eigenvalue weighted by atomic mass is 10.2. The van der Waals surface area contributed by atoms with Crippen LogP contribution in [-0.4, -0.2) is 24.3 Å². The number of carbonyl (C=O) groups is 1. The zero-order chi connectivity index (χ0) is 21.8. The number of benzene rings is 3. The SMILES string of the molecule is O=C(CCc1nc2ccccc2[nH]1)Nc1cccc(S(=O)(=O)Nc2ccccc2Cl)c1. The summed E-state index contributed by atoms with van der Waals surface area (Å²) in [6, 6.07) is 20.3. The minimum Gasteiger partial charge on any atom is -0.342 e. The number of hydrogen-bond donors (Lipinski definition) is 3. The van der Waals surface area contributed by atoms with Gasteiger partial charge in [0.1, 0.15) is 5.82 Å². The predicted octanol–water partition coefficient (Wildman–Crippen LogP) is 4.59. The summed E-state index contributed by atoms with van der Waals surface area (Å²) in [6.45, 7) is 0. The maximum absolute atomic E-state index is 12.7. The molecule has 0 aliphatic carbocycles. The van der Waals surface area contributed by atoms with Crippen LogP contribution in [0.25, 0.3) is 11.0 Å². The molecule has 0 fully saturated rings. The Labute approximate surface area is 184 Å². The number of halogens is 1. The third kappa shape index (κ3) is 5.04. The third-order valence-electron chi connectivity index (χ3n) is 4.57. The molecule has 3 N–H and O–H groups in total. The van der Waals surface area contributed by atoms with Crippen LogP contribution in [0.4, 0.5) is 11.4 Å². The second kappa shape index (κ2) is 8.79. The van der Waals surface area contributed by atoms with Crippen LogP contribution in [-0.2, 0) is 21.2 Å². The molecule has 0 bridgehead atoms. The van der Waals surface area contributed by atoms with Gasteiger partial charge in [-0.1, -0.05) is 41.9 Å². The number of sulfonamides is 1. The van der Waals surface area contributed by atoms with Gasteiger partial charge in [-0.05, 0) is 42.5 Å². The van der Waals surface area contributed by atoms with Crippen molar-refractivity contribution in [3.05, 3.63) is 83.6 Å². The van der Waals surface area contributed by atoms with Crippen molar-refractivity contribution in [2.75, 3.05) is 10.0 Å². The second-order valence-corrected chi connectivity index (χ2v) is 8.95. The Kier molecular flexibility index (Phi) is 5.92. The summed E-state index contributed by atoms with van der Waals surface area (Å²) in [4.78, 5) is 20.0. The molecule has 7 nitrogen and oxygen atoms in total. The molecule has 4 rings (SSSR count). The Morgan fingerprint density at radius 3 is 2.58 bits per heavy atom. The van der Waals surface area contributed by atoms with Gasteiger partial charge in [-0.15, -0.1) is 0 Å². The highest BCUT2D eigenvalue weighted by Gasteiger charge is 2.16. The minimum absolute atomic E-state index is 0.0162. The molecule has 1 heterocycles. The summed E-state index contributed by atoms with van der Waals surface area (Å²) in [6.07, 6.45) is 0.640. The van der Waals surface area contributed by atoms with Gasteiger partial charge >= 0.3 is 0 Å². The van der Waals surface area contributed by atoms with E-state index in [1.807, 2.05) is 24.3 Å². The highest BCUT2D eigenvalue weighted by molar-refractivity contribution is 7.92. The number of aryl methyl sites for hydroxylation is 1. The quantitative estimate of drug-likeness (QED) is 0.380. The Hall–Kier alpha value is -3.36. The Bertz CT molecular complexity index is 1320. The van der Waals surface area contributed by atoms with Gasteiger partial charge in [0.05, 0.1) is 26.6 Å². The van der Waals surface area contributed by atoms with E-state index >= 15 is 0 Å². The first kappa shape index (κ1) is 20.9. The van der Waals surface area contributed by atoms with Crippen molar-refractivity contribution in [3.8, 4) is 0 Å². The van der Waals surface area contributed by atoms with Gasteiger partial charge in [-0.2, -0.15) is 0 Å². The second-order valence-electron chi connectivity index (χ2n) is 6.86. The number of imidazole rings is 1. The maximum Gasteiger partial charge on any atom is 0.262 e. The van der Waals surface area contributed by atoms with Crippen LogP contribution in [0.15, 0.2) is 77.7 Å². The molecule has 0 atom stereocenters. The Balaban J connectivity index is 1.41. The van der Waals surface area contributed by atoms with E-state index in [0.717, 1.165) is 16.9 Å². The largest absolute Gasteiger partial charge is 0.342 e. The first-order valence-electron chi connectivity index (χ1n) is 9.52. The predicted molar refractivity (Wildman–Crippen MR) is 122 cm³/mol. The molecule has 0 spiro atoms. The van der Waals surface area contributed by atoms with Gasteiger partial charge in [-0.3, -0.25) is 9.52 Å². The van der Waals surface area contributed by atoms with Crippen LogP contribution >= 0.6 is 11.6 Å². The summed E-state index contributed by atoms with van der Waals surface area (Å²) >= 11 is 6.04. The lowest BCUT2D eigenvalue weighted by molar-refractivity contribution is -0.116. The molecule has 31 heavy (non-hydrogen) atoms. The first-order valence-corrected chi connectivity index (χ1v) is 11.4. The number of carbonyl (C=O) groups excluding carboxylic acids is 1. The number of H-pyrrole nitrogens is 1. The van der Waals surface area contributed by atoms with Crippen LogP contribution in [0.3, 0.4) is 0 Å². The fraction of sp³-hybridized carbons (Fsp3) is 0.0909. The number of fused-ring (bicyclic) bond motifs is 1. The van der Waals surface area contributed by atoms with E-state index in [-0.39, 0.29) is 22.9 Å². The van der Waals surface area contributed by atoms with Crippen LogP contribution in [0.1, 0.15) is 12.2 Å². The topological polar surface area (TPSA) is 104 Å². The van der Waals surface area contributed by atoms with Crippen molar-refractivity contribution < 1.29 is 13.2 Å². The van der Waals surface area contributed by atoms with E-state index in [2.05, 4.69) is 20.0 Å². The van der Waals surface area contributed by atoms with Crippen molar-refractivity contribution in [3.63, 3.8) is 0 Å². The third-order valence-corrected chi connectivity index (χ3v) is 6.27. The Morgan fingerprint density at radius 2 is 1.77 bits per heavy atom. The summed E-state index contributed by atoms with van der Waals surface area (Å²) in [5, 5.41) is 3.03. The molecule has 9 heteroatoms. The highest BCUT2D eigenvalue weighted by atomic mass is 35.5. The average Bonchev–Trinajstić information content (AvgIpc) is 3.17. The number of nitrogens with zero attached hydrogens (tertiary/aromatic N) is 1. The number of nitrogens with one attached hydrogen (secondary N) is 3. The van der Waals surface area contributed by atoms with Crippen molar-refractivity contribution >= 4 is 49.9 Å². The first-order chi connectivity index (χ1) is 14.9. The molecule has 0 radical (unpaired) electrons. The number of anilines is 2. The molecular weight excluding hydrogens is 436 g/mol. The molecule has 0 aliphatic rings. The number of aromatic nitrogens is 2. The van der Waals surface area contributed by atoms with Gasteiger partial charge in [-0.25, -0.2) is 13.4 Å². The molecule has 4 aromatic rings. The molecule has 0 unspecified atom stereocenters. The van der Waals surface area contributed by atoms with Crippen LogP contribution < -0.4 is 10.0 Å². The van der Waals surface area contributed by atoms with E-state index in [1.165, 1.54) is 12.1 Å². The maximum atomic E-state index is 12.7. The number of aromatic amines is 1. The average molecular weight is 455 g/mol.